The molecule has 1 aliphatic rings. The van der Waals surface area contributed by atoms with Gasteiger partial charge in [0.25, 0.3) is 0 Å². The standard InChI is InChI=1S/C17H16BrN3O2/c1-10-3-4-12-14(13(10)18)20-8-11(7-19)15(12)21-6-5-17(2,9-21)16(22)23/h3-4,8H,5-6,9H2,1-2H3,(H,22,23). The fourth-order valence-electron chi connectivity index (χ4n) is 3.07. The molecule has 1 aromatic heterocycles. The maximum absolute atomic E-state index is 11.5. The highest BCUT2D eigenvalue weighted by Gasteiger charge is 2.41. The van der Waals surface area contributed by atoms with Gasteiger partial charge in [0.15, 0.2) is 0 Å². The van der Waals surface area contributed by atoms with Gasteiger partial charge < -0.3 is 10.0 Å². The second-order valence-corrected chi connectivity index (χ2v) is 7.06. The van der Waals surface area contributed by atoms with Crippen molar-refractivity contribution >= 4 is 38.5 Å². The van der Waals surface area contributed by atoms with E-state index in [2.05, 4.69) is 27.0 Å². The summed E-state index contributed by atoms with van der Waals surface area (Å²) in [6.07, 6.45) is 2.13. The van der Waals surface area contributed by atoms with Crippen molar-refractivity contribution in [3.63, 3.8) is 0 Å². The number of aromatic nitrogens is 1. The van der Waals surface area contributed by atoms with Crippen molar-refractivity contribution in [2.75, 3.05) is 18.0 Å². The fourth-order valence-corrected chi connectivity index (χ4v) is 3.52. The molecule has 1 aliphatic heterocycles. The number of aliphatic carboxylic acids is 1. The van der Waals surface area contributed by atoms with Gasteiger partial charge in [0.1, 0.15) is 6.07 Å². The number of rotatable bonds is 2. The fraction of sp³-hybridized carbons (Fsp3) is 0.353. The molecule has 1 aromatic carbocycles. The molecule has 23 heavy (non-hydrogen) atoms. The van der Waals surface area contributed by atoms with Gasteiger partial charge in [-0.1, -0.05) is 12.1 Å². The number of benzene rings is 1. The molecule has 0 bridgehead atoms. The van der Waals surface area contributed by atoms with E-state index in [9.17, 15) is 15.2 Å². The van der Waals surface area contributed by atoms with Crippen LogP contribution in [-0.4, -0.2) is 29.1 Å². The first-order valence-corrected chi connectivity index (χ1v) is 8.13. The minimum Gasteiger partial charge on any atom is -0.481 e. The van der Waals surface area contributed by atoms with Crippen LogP contribution in [0.3, 0.4) is 0 Å². The van der Waals surface area contributed by atoms with Gasteiger partial charge in [0, 0.05) is 29.1 Å². The van der Waals surface area contributed by atoms with Crippen LogP contribution in [0.15, 0.2) is 22.8 Å². The second-order valence-electron chi connectivity index (χ2n) is 6.26. The number of pyridine rings is 1. The highest BCUT2D eigenvalue weighted by Crippen LogP contribution is 2.39. The number of nitriles is 1. The van der Waals surface area contributed by atoms with E-state index in [1.165, 1.54) is 0 Å². The molecule has 118 valence electrons. The van der Waals surface area contributed by atoms with Crippen molar-refractivity contribution in [3.8, 4) is 6.07 Å². The summed E-state index contributed by atoms with van der Waals surface area (Å²) in [4.78, 5) is 17.9. The number of hydrogen-bond donors (Lipinski definition) is 1. The van der Waals surface area contributed by atoms with Crippen LogP contribution in [0.5, 0.6) is 0 Å². The minimum absolute atomic E-state index is 0.390. The van der Waals surface area contributed by atoms with Gasteiger partial charge in [0.05, 0.1) is 22.2 Å². The van der Waals surface area contributed by atoms with Gasteiger partial charge in [0.2, 0.25) is 0 Å². The molecule has 5 nitrogen and oxygen atoms in total. The topological polar surface area (TPSA) is 77.2 Å². The molecular formula is C17H16BrN3O2. The Morgan fingerprint density at radius 1 is 1.52 bits per heavy atom. The van der Waals surface area contributed by atoms with Crippen molar-refractivity contribution in [1.29, 1.82) is 5.26 Å². The molecule has 6 heteroatoms. The molecule has 1 saturated heterocycles. The first-order chi connectivity index (χ1) is 10.9. The number of carboxylic acids is 1. The molecule has 2 heterocycles. The Kier molecular flexibility index (Phi) is 3.77. The summed E-state index contributed by atoms with van der Waals surface area (Å²) in [7, 11) is 0. The first kappa shape index (κ1) is 15.8. The lowest BCUT2D eigenvalue weighted by Gasteiger charge is -2.24. The Bertz CT molecular complexity index is 859. The van der Waals surface area contributed by atoms with Crippen LogP contribution >= 0.6 is 15.9 Å². The molecule has 1 unspecified atom stereocenters. The zero-order valence-corrected chi connectivity index (χ0v) is 14.5. The molecule has 0 saturated carbocycles. The van der Waals surface area contributed by atoms with E-state index < -0.39 is 11.4 Å². The van der Waals surface area contributed by atoms with Crippen LogP contribution in [0.4, 0.5) is 5.69 Å². The van der Waals surface area contributed by atoms with Gasteiger partial charge in [-0.25, -0.2) is 0 Å². The van der Waals surface area contributed by atoms with E-state index in [0.29, 0.717) is 25.1 Å². The summed E-state index contributed by atoms with van der Waals surface area (Å²) < 4.78 is 0.904. The molecule has 0 amide bonds. The molecule has 2 aromatic rings. The molecular weight excluding hydrogens is 358 g/mol. The average molecular weight is 374 g/mol. The van der Waals surface area contributed by atoms with E-state index in [1.807, 2.05) is 24.0 Å². The molecule has 1 N–H and O–H groups in total. The molecule has 0 radical (unpaired) electrons. The Labute approximate surface area is 142 Å². The van der Waals surface area contributed by atoms with E-state index in [4.69, 9.17) is 0 Å². The number of carboxylic acid groups (broad SMARTS) is 1. The Hall–Kier alpha value is -2.13. The van der Waals surface area contributed by atoms with Gasteiger partial charge in [-0.3, -0.25) is 9.78 Å². The summed E-state index contributed by atoms with van der Waals surface area (Å²) in [5, 5.41) is 19.8. The van der Waals surface area contributed by atoms with Crippen LogP contribution in [0, 0.1) is 23.7 Å². The van der Waals surface area contributed by atoms with Crippen molar-refractivity contribution in [3.05, 3.63) is 33.9 Å². The van der Waals surface area contributed by atoms with Gasteiger partial charge in [-0.15, -0.1) is 0 Å². The van der Waals surface area contributed by atoms with Crippen LogP contribution < -0.4 is 4.90 Å². The quantitative estimate of drug-likeness (QED) is 0.871. The van der Waals surface area contributed by atoms with Crippen LogP contribution in [-0.2, 0) is 4.79 Å². The summed E-state index contributed by atoms with van der Waals surface area (Å²) in [5.41, 5.74) is 2.33. The van der Waals surface area contributed by atoms with Crippen molar-refractivity contribution in [2.45, 2.75) is 20.3 Å². The molecule has 3 rings (SSSR count). The normalized spacial score (nSPS) is 20.7. The highest BCUT2D eigenvalue weighted by molar-refractivity contribution is 9.10. The Morgan fingerprint density at radius 2 is 2.26 bits per heavy atom. The number of anilines is 1. The lowest BCUT2D eigenvalue weighted by molar-refractivity contribution is -0.146. The third kappa shape index (κ3) is 2.45. The largest absolute Gasteiger partial charge is 0.481 e. The van der Waals surface area contributed by atoms with Crippen molar-refractivity contribution < 1.29 is 9.90 Å². The van der Waals surface area contributed by atoms with E-state index in [-0.39, 0.29) is 0 Å². The number of carbonyl (C=O) groups is 1. The predicted octanol–water partition coefficient (Wildman–Crippen LogP) is 3.48. The molecule has 1 fully saturated rings. The number of halogens is 1. The first-order valence-electron chi connectivity index (χ1n) is 7.33. The summed E-state index contributed by atoms with van der Waals surface area (Å²) >= 11 is 3.56. The molecule has 0 aliphatic carbocycles. The lowest BCUT2D eigenvalue weighted by atomic mass is 9.90. The maximum Gasteiger partial charge on any atom is 0.311 e. The Balaban J connectivity index is 2.19. The highest BCUT2D eigenvalue weighted by atomic mass is 79.9. The molecule has 1 atom stereocenters. The summed E-state index contributed by atoms with van der Waals surface area (Å²) in [5.74, 6) is -0.797. The monoisotopic (exact) mass is 373 g/mol. The van der Waals surface area contributed by atoms with Crippen LogP contribution in [0.2, 0.25) is 0 Å². The average Bonchev–Trinajstić information content (AvgIpc) is 2.93. The zero-order chi connectivity index (χ0) is 16.8. The smallest absolute Gasteiger partial charge is 0.311 e. The number of aryl methyl sites for hydroxylation is 1. The van der Waals surface area contributed by atoms with E-state index in [0.717, 1.165) is 26.6 Å². The minimum atomic E-state index is -0.797. The molecule has 0 spiro atoms. The van der Waals surface area contributed by atoms with E-state index in [1.54, 1.807) is 13.1 Å². The van der Waals surface area contributed by atoms with Crippen molar-refractivity contribution in [2.24, 2.45) is 5.41 Å². The van der Waals surface area contributed by atoms with Gasteiger partial charge >= 0.3 is 5.97 Å². The maximum atomic E-state index is 11.5. The number of hydrogen-bond acceptors (Lipinski definition) is 4. The Morgan fingerprint density at radius 3 is 2.87 bits per heavy atom. The predicted molar refractivity (Wildman–Crippen MR) is 91.5 cm³/mol. The van der Waals surface area contributed by atoms with Crippen LogP contribution in [0.25, 0.3) is 10.9 Å². The lowest BCUT2D eigenvalue weighted by Crippen LogP contribution is -2.32. The van der Waals surface area contributed by atoms with Crippen LogP contribution in [0.1, 0.15) is 24.5 Å². The third-order valence-corrected chi connectivity index (χ3v) is 5.57. The van der Waals surface area contributed by atoms with Gasteiger partial charge in [-0.05, 0) is 41.8 Å². The zero-order valence-electron chi connectivity index (χ0n) is 12.9. The van der Waals surface area contributed by atoms with Crippen molar-refractivity contribution in [1.82, 2.24) is 4.98 Å². The van der Waals surface area contributed by atoms with Gasteiger partial charge in [-0.2, -0.15) is 5.26 Å². The number of nitrogens with zero attached hydrogens (tertiary/aromatic N) is 3. The third-order valence-electron chi connectivity index (χ3n) is 4.57. The number of fused-ring (bicyclic) bond motifs is 1. The second kappa shape index (κ2) is 5.50. The van der Waals surface area contributed by atoms with E-state index >= 15 is 0 Å². The SMILES string of the molecule is Cc1ccc2c(N3CCC(C)(C(=O)O)C3)c(C#N)cnc2c1Br. The summed E-state index contributed by atoms with van der Waals surface area (Å²) in [6.45, 7) is 4.75. The summed E-state index contributed by atoms with van der Waals surface area (Å²) in [6, 6.07) is 6.12.